The fraction of sp³-hybridized carbons (Fsp3) is 0.231. The van der Waals surface area contributed by atoms with Crippen LogP contribution in [0.15, 0.2) is 64.1 Å². The molecule has 0 amide bonds. The number of likely N-dealkylation sites (N-methyl/N-ethyl adjacent to an activating group) is 1. The summed E-state index contributed by atoms with van der Waals surface area (Å²) in [5.74, 6) is 0.569. The van der Waals surface area contributed by atoms with Crippen LogP contribution in [-0.2, 0) is 0 Å². The Morgan fingerprint density at radius 1 is 1.19 bits per heavy atom. The lowest BCUT2D eigenvalue weighted by molar-refractivity contribution is 0.560. The second-order valence-electron chi connectivity index (χ2n) is 8.27. The van der Waals surface area contributed by atoms with Gasteiger partial charge < -0.3 is 14.6 Å². The van der Waals surface area contributed by atoms with Crippen LogP contribution in [0.2, 0.25) is 5.15 Å². The minimum atomic E-state index is -0.129. The number of hydrogen-bond donors (Lipinski definition) is 1. The van der Waals surface area contributed by atoms with E-state index in [1.54, 1.807) is 6.07 Å². The van der Waals surface area contributed by atoms with Crippen LogP contribution in [0.1, 0.15) is 41.1 Å². The number of pyridine rings is 1. The summed E-state index contributed by atoms with van der Waals surface area (Å²) in [6, 6.07) is 7.48. The number of fused-ring (bicyclic) bond motifs is 1. The molecule has 4 rings (SSSR count). The standard InChI is InChI=1S/C26H26ClN3O2/c1-14-11-20(17(4)28-22-9-10-23(27)29-18(22)5)26-21(12-14)24(31)16(3)25(32-26)19-8-7-15(2)30(6)13-19/h7-13,17,28H,2H2,1,3-6H3. The molecule has 32 heavy (non-hydrogen) atoms. The van der Waals surface area contributed by atoms with E-state index >= 15 is 0 Å². The highest BCUT2D eigenvalue weighted by Gasteiger charge is 2.21. The molecule has 3 aromatic rings. The van der Waals surface area contributed by atoms with E-state index in [2.05, 4.69) is 22.9 Å². The monoisotopic (exact) mass is 447 g/mol. The molecule has 1 aliphatic rings. The van der Waals surface area contributed by atoms with Crippen LogP contribution in [0.25, 0.3) is 16.5 Å². The van der Waals surface area contributed by atoms with E-state index in [0.717, 1.165) is 33.8 Å². The van der Waals surface area contributed by atoms with E-state index in [0.29, 0.717) is 27.4 Å². The Kier molecular flexibility index (Phi) is 5.70. The number of nitrogens with zero attached hydrogens (tertiary/aromatic N) is 2. The van der Waals surface area contributed by atoms with Gasteiger partial charge in [-0.3, -0.25) is 4.79 Å². The lowest BCUT2D eigenvalue weighted by atomic mass is 9.98. The van der Waals surface area contributed by atoms with E-state index in [4.69, 9.17) is 16.0 Å². The molecule has 1 unspecified atom stereocenters. The number of anilines is 1. The van der Waals surface area contributed by atoms with Crippen molar-refractivity contribution in [2.24, 2.45) is 0 Å². The van der Waals surface area contributed by atoms with Gasteiger partial charge in [-0.15, -0.1) is 0 Å². The van der Waals surface area contributed by atoms with Gasteiger partial charge in [-0.25, -0.2) is 4.98 Å². The molecule has 6 heteroatoms. The molecular formula is C26H26ClN3O2. The quantitative estimate of drug-likeness (QED) is 0.476. The van der Waals surface area contributed by atoms with Gasteiger partial charge in [0.1, 0.15) is 16.5 Å². The first-order valence-electron chi connectivity index (χ1n) is 10.5. The number of allylic oxidation sites excluding steroid dienone is 3. The van der Waals surface area contributed by atoms with Crippen molar-refractivity contribution >= 4 is 33.8 Å². The zero-order valence-corrected chi connectivity index (χ0v) is 19.7. The molecule has 3 heterocycles. The van der Waals surface area contributed by atoms with Crippen LogP contribution in [-0.4, -0.2) is 16.9 Å². The average Bonchev–Trinajstić information content (AvgIpc) is 2.74. The molecule has 1 aromatic carbocycles. The summed E-state index contributed by atoms with van der Waals surface area (Å²) in [7, 11) is 1.92. The number of halogens is 1. The summed E-state index contributed by atoms with van der Waals surface area (Å²) in [5.41, 5.74) is 6.45. The molecule has 164 valence electrons. The van der Waals surface area contributed by atoms with E-state index in [9.17, 15) is 4.79 Å². The Bertz CT molecular complexity index is 1370. The molecular weight excluding hydrogens is 422 g/mol. The highest BCUT2D eigenvalue weighted by molar-refractivity contribution is 6.29. The lowest BCUT2D eigenvalue weighted by Gasteiger charge is -2.22. The van der Waals surface area contributed by atoms with Crippen molar-refractivity contribution in [3.63, 3.8) is 0 Å². The third kappa shape index (κ3) is 3.96. The van der Waals surface area contributed by atoms with Gasteiger partial charge in [0.2, 0.25) is 0 Å². The highest BCUT2D eigenvalue weighted by atomic mass is 35.5. The van der Waals surface area contributed by atoms with E-state index < -0.39 is 0 Å². The molecule has 1 atom stereocenters. The molecule has 0 aliphatic carbocycles. The molecule has 0 radical (unpaired) electrons. The van der Waals surface area contributed by atoms with Gasteiger partial charge >= 0.3 is 0 Å². The first-order valence-corrected chi connectivity index (χ1v) is 10.8. The molecule has 0 saturated heterocycles. The fourth-order valence-corrected chi connectivity index (χ4v) is 4.12. The predicted octanol–water partition coefficient (Wildman–Crippen LogP) is 6.30. The normalized spacial score (nSPS) is 14.6. The topological polar surface area (TPSA) is 58.4 Å². The van der Waals surface area contributed by atoms with Crippen LogP contribution in [0.3, 0.4) is 0 Å². The van der Waals surface area contributed by atoms with Gasteiger partial charge in [-0.2, -0.15) is 0 Å². The first-order chi connectivity index (χ1) is 15.2. The molecule has 5 nitrogen and oxygen atoms in total. The molecule has 2 aromatic heterocycles. The maximum absolute atomic E-state index is 13.3. The fourth-order valence-electron chi connectivity index (χ4n) is 3.93. The Balaban J connectivity index is 1.87. The van der Waals surface area contributed by atoms with Gasteiger partial charge in [0.15, 0.2) is 5.43 Å². The molecule has 0 bridgehead atoms. The van der Waals surface area contributed by atoms with Gasteiger partial charge in [0, 0.05) is 35.6 Å². The van der Waals surface area contributed by atoms with Gasteiger partial charge in [-0.05, 0) is 63.6 Å². The minimum absolute atomic E-state index is 0.0240. The van der Waals surface area contributed by atoms with Crippen LogP contribution in [0.4, 0.5) is 5.69 Å². The average molecular weight is 448 g/mol. The zero-order chi connectivity index (χ0) is 23.2. The number of benzene rings is 1. The van der Waals surface area contributed by atoms with Gasteiger partial charge in [-0.1, -0.05) is 24.2 Å². The van der Waals surface area contributed by atoms with E-state index in [-0.39, 0.29) is 11.5 Å². The Morgan fingerprint density at radius 2 is 1.94 bits per heavy atom. The smallest absolute Gasteiger partial charge is 0.196 e. The molecule has 1 aliphatic heterocycles. The van der Waals surface area contributed by atoms with Crippen molar-refractivity contribution in [1.82, 2.24) is 9.88 Å². The van der Waals surface area contributed by atoms with E-state index in [1.165, 1.54) is 0 Å². The van der Waals surface area contributed by atoms with Crippen molar-refractivity contribution in [2.75, 3.05) is 12.4 Å². The second-order valence-corrected chi connectivity index (χ2v) is 8.66. The summed E-state index contributed by atoms with van der Waals surface area (Å²) in [6.45, 7) is 11.7. The maximum atomic E-state index is 13.3. The Labute approximate surface area is 192 Å². The van der Waals surface area contributed by atoms with Crippen LogP contribution in [0.5, 0.6) is 0 Å². The van der Waals surface area contributed by atoms with E-state index in [1.807, 2.05) is 70.1 Å². The summed E-state index contributed by atoms with van der Waals surface area (Å²) in [6.07, 6.45) is 5.77. The van der Waals surface area contributed by atoms with Crippen LogP contribution in [0, 0.1) is 20.8 Å². The van der Waals surface area contributed by atoms with Crippen molar-refractivity contribution in [3.05, 3.63) is 98.4 Å². The largest absolute Gasteiger partial charge is 0.455 e. The molecule has 0 fully saturated rings. The molecule has 0 spiro atoms. The highest BCUT2D eigenvalue weighted by Crippen LogP contribution is 2.32. The lowest BCUT2D eigenvalue weighted by Crippen LogP contribution is -2.15. The summed E-state index contributed by atoms with van der Waals surface area (Å²) in [5, 5.41) is 4.52. The first kappa shape index (κ1) is 21.9. The third-order valence-electron chi connectivity index (χ3n) is 5.79. The van der Waals surface area contributed by atoms with Crippen molar-refractivity contribution in [2.45, 2.75) is 33.7 Å². The maximum Gasteiger partial charge on any atom is 0.196 e. The summed E-state index contributed by atoms with van der Waals surface area (Å²) >= 11 is 6.00. The Morgan fingerprint density at radius 3 is 2.62 bits per heavy atom. The van der Waals surface area contributed by atoms with Crippen LogP contribution >= 0.6 is 11.6 Å². The van der Waals surface area contributed by atoms with Crippen molar-refractivity contribution < 1.29 is 4.42 Å². The number of rotatable bonds is 4. The van der Waals surface area contributed by atoms with Gasteiger partial charge in [0.25, 0.3) is 0 Å². The minimum Gasteiger partial charge on any atom is -0.455 e. The predicted molar refractivity (Wildman–Crippen MR) is 132 cm³/mol. The van der Waals surface area contributed by atoms with Gasteiger partial charge in [0.05, 0.1) is 22.8 Å². The number of nitrogens with one attached hydrogen (secondary N) is 1. The number of hydrogen-bond acceptors (Lipinski definition) is 5. The number of aryl methyl sites for hydroxylation is 2. The molecule has 1 N–H and O–H groups in total. The van der Waals surface area contributed by atoms with Crippen molar-refractivity contribution in [3.8, 4) is 0 Å². The van der Waals surface area contributed by atoms with Crippen LogP contribution < -0.4 is 10.7 Å². The van der Waals surface area contributed by atoms with Crippen molar-refractivity contribution in [1.29, 1.82) is 0 Å². The third-order valence-corrected chi connectivity index (χ3v) is 6.00. The SMILES string of the molecule is C=C1C=CC(c2oc3c(C(C)Nc4ccc(Cl)nc4C)cc(C)cc3c(=O)c2C)=CN1C. The number of aromatic nitrogens is 1. The summed E-state index contributed by atoms with van der Waals surface area (Å²) < 4.78 is 6.44. The zero-order valence-electron chi connectivity index (χ0n) is 18.9. The molecule has 0 saturated carbocycles. The summed E-state index contributed by atoms with van der Waals surface area (Å²) in [4.78, 5) is 19.6. The second kappa shape index (κ2) is 8.32. The Hall–Kier alpha value is -3.31.